The number of para-hydroxylation sites is 1. The summed E-state index contributed by atoms with van der Waals surface area (Å²) in [6.45, 7) is 0. The Kier molecular flexibility index (Phi) is 3.89. The van der Waals surface area contributed by atoms with Crippen molar-refractivity contribution in [2.24, 2.45) is 0 Å². The normalized spacial score (nSPS) is 11.6. The van der Waals surface area contributed by atoms with Crippen LogP contribution in [-0.2, 0) is 10.0 Å². The number of nitrogens with zero attached hydrogens (tertiary/aromatic N) is 1. The molecule has 26 heavy (non-hydrogen) atoms. The molecule has 4 rings (SSSR count). The van der Waals surface area contributed by atoms with Gasteiger partial charge in [-0.25, -0.2) is 13.4 Å². The van der Waals surface area contributed by atoms with Crippen LogP contribution in [0, 0.1) is 0 Å². The fourth-order valence-corrected chi connectivity index (χ4v) is 3.22. The number of aromatic amines is 1. The van der Waals surface area contributed by atoms with Crippen molar-refractivity contribution in [3.63, 3.8) is 0 Å². The SMILES string of the molecule is CS(=O)(=O)Nc1cccc(Nc2ncc(-c3cc4ccccc4[nH]3)o2)c1. The van der Waals surface area contributed by atoms with E-state index in [1.165, 1.54) is 0 Å². The highest BCUT2D eigenvalue weighted by Crippen LogP contribution is 2.27. The molecule has 0 radical (unpaired) electrons. The van der Waals surface area contributed by atoms with Crippen molar-refractivity contribution in [2.75, 3.05) is 16.3 Å². The smallest absolute Gasteiger partial charge is 0.299 e. The van der Waals surface area contributed by atoms with Gasteiger partial charge in [0, 0.05) is 16.6 Å². The van der Waals surface area contributed by atoms with Crippen LogP contribution in [0.15, 0.2) is 65.2 Å². The van der Waals surface area contributed by atoms with Crippen LogP contribution in [0.25, 0.3) is 22.4 Å². The first-order chi connectivity index (χ1) is 12.5. The molecule has 0 amide bonds. The van der Waals surface area contributed by atoms with E-state index in [1.54, 1.807) is 30.5 Å². The van der Waals surface area contributed by atoms with Crippen molar-refractivity contribution in [2.45, 2.75) is 0 Å². The molecule has 0 aliphatic rings. The fraction of sp³-hybridized carbons (Fsp3) is 0.0556. The molecular weight excluding hydrogens is 352 g/mol. The summed E-state index contributed by atoms with van der Waals surface area (Å²) in [4.78, 5) is 7.51. The van der Waals surface area contributed by atoms with Gasteiger partial charge in [-0.2, -0.15) is 0 Å². The molecule has 0 atom stereocenters. The molecule has 0 fully saturated rings. The second-order valence-corrected chi connectivity index (χ2v) is 7.63. The molecule has 0 aliphatic carbocycles. The number of hydrogen-bond acceptors (Lipinski definition) is 5. The van der Waals surface area contributed by atoms with Gasteiger partial charge in [0.25, 0.3) is 6.01 Å². The maximum atomic E-state index is 11.3. The maximum absolute atomic E-state index is 11.3. The number of aromatic nitrogens is 2. The van der Waals surface area contributed by atoms with Crippen LogP contribution in [0.4, 0.5) is 17.4 Å². The van der Waals surface area contributed by atoms with E-state index in [1.807, 2.05) is 30.3 Å². The average molecular weight is 368 g/mol. The van der Waals surface area contributed by atoms with E-state index in [0.29, 0.717) is 23.1 Å². The Bertz CT molecular complexity index is 1140. The molecule has 132 valence electrons. The van der Waals surface area contributed by atoms with E-state index in [4.69, 9.17) is 4.42 Å². The topological polar surface area (TPSA) is 100 Å². The van der Waals surface area contributed by atoms with E-state index in [0.717, 1.165) is 22.9 Å². The van der Waals surface area contributed by atoms with Crippen molar-refractivity contribution in [1.82, 2.24) is 9.97 Å². The molecule has 0 unspecified atom stereocenters. The van der Waals surface area contributed by atoms with Crippen LogP contribution in [0.2, 0.25) is 0 Å². The molecule has 8 heteroatoms. The minimum atomic E-state index is -3.33. The third kappa shape index (κ3) is 3.55. The van der Waals surface area contributed by atoms with E-state index in [2.05, 4.69) is 20.0 Å². The number of H-pyrrole nitrogens is 1. The second-order valence-electron chi connectivity index (χ2n) is 5.88. The summed E-state index contributed by atoms with van der Waals surface area (Å²) >= 11 is 0. The standard InChI is InChI=1S/C18H16N4O3S/c1-26(23,24)22-14-7-4-6-13(10-14)20-18-19-11-17(25-18)16-9-12-5-2-3-8-15(12)21-16/h2-11,21-22H,1H3,(H,19,20). The van der Waals surface area contributed by atoms with Crippen LogP contribution in [0.1, 0.15) is 0 Å². The number of oxazole rings is 1. The molecule has 0 bridgehead atoms. The Hall–Kier alpha value is -3.26. The molecule has 0 spiro atoms. The van der Waals surface area contributed by atoms with Gasteiger partial charge < -0.3 is 14.7 Å². The summed E-state index contributed by atoms with van der Waals surface area (Å²) in [6.07, 6.45) is 2.74. The van der Waals surface area contributed by atoms with Gasteiger partial charge in [-0.1, -0.05) is 24.3 Å². The minimum Gasteiger partial charge on any atom is -0.422 e. The summed E-state index contributed by atoms with van der Waals surface area (Å²) in [5, 5.41) is 4.12. The second kappa shape index (κ2) is 6.23. The van der Waals surface area contributed by atoms with Gasteiger partial charge in [-0.3, -0.25) is 4.72 Å². The van der Waals surface area contributed by atoms with E-state index >= 15 is 0 Å². The molecule has 0 aliphatic heterocycles. The highest BCUT2D eigenvalue weighted by atomic mass is 32.2. The average Bonchev–Trinajstić information content (AvgIpc) is 3.19. The van der Waals surface area contributed by atoms with E-state index in [-0.39, 0.29) is 0 Å². The Labute approximate surface area is 150 Å². The lowest BCUT2D eigenvalue weighted by molar-refractivity contribution is 0.590. The number of rotatable bonds is 5. The predicted octanol–water partition coefficient (Wildman–Crippen LogP) is 3.94. The molecule has 2 aromatic carbocycles. The summed E-state index contributed by atoms with van der Waals surface area (Å²) in [7, 11) is -3.33. The zero-order chi connectivity index (χ0) is 18.1. The quantitative estimate of drug-likeness (QED) is 0.495. The zero-order valence-electron chi connectivity index (χ0n) is 13.9. The van der Waals surface area contributed by atoms with Gasteiger partial charge in [-0.15, -0.1) is 0 Å². The van der Waals surface area contributed by atoms with Crippen LogP contribution in [0.5, 0.6) is 0 Å². The van der Waals surface area contributed by atoms with Gasteiger partial charge in [-0.05, 0) is 30.3 Å². The van der Waals surface area contributed by atoms with Crippen molar-refractivity contribution >= 4 is 38.3 Å². The van der Waals surface area contributed by atoms with Gasteiger partial charge in [0.1, 0.15) is 0 Å². The van der Waals surface area contributed by atoms with Gasteiger partial charge in [0.2, 0.25) is 10.0 Å². The monoisotopic (exact) mass is 368 g/mol. The zero-order valence-corrected chi connectivity index (χ0v) is 14.7. The molecule has 2 heterocycles. The van der Waals surface area contributed by atoms with Gasteiger partial charge >= 0.3 is 0 Å². The first-order valence-corrected chi connectivity index (χ1v) is 9.74. The summed E-state index contributed by atoms with van der Waals surface area (Å²) < 4.78 is 30.9. The lowest BCUT2D eigenvalue weighted by atomic mass is 10.2. The van der Waals surface area contributed by atoms with E-state index < -0.39 is 10.0 Å². The summed E-state index contributed by atoms with van der Waals surface area (Å²) in [5.74, 6) is 0.606. The molecule has 4 aromatic rings. The number of fused-ring (bicyclic) bond motifs is 1. The lowest BCUT2D eigenvalue weighted by Gasteiger charge is -2.06. The molecule has 0 saturated carbocycles. The third-order valence-corrected chi connectivity index (χ3v) is 4.32. The van der Waals surface area contributed by atoms with E-state index in [9.17, 15) is 8.42 Å². The predicted molar refractivity (Wildman–Crippen MR) is 102 cm³/mol. The first-order valence-electron chi connectivity index (χ1n) is 7.85. The Balaban J connectivity index is 1.56. The van der Waals surface area contributed by atoms with Crippen LogP contribution in [-0.4, -0.2) is 24.6 Å². The molecule has 2 aromatic heterocycles. The Morgan fingerprint density at radius 3 is 2.65 bits per heavy atom. The van der Waals surface area contributed by atoms with Crippen molar-refractivity contribution in [3.05, 3.63) is 60.8 Å². The summed E-state index contributed by atoms with van der Waals surface area (Å²) in [5.41, 5.74) is 2.97. The molecule has 7 nitrogen and oxygen atoms in total. The Morgan fingerprint density at radius 2 is 1.85 bits per heavy atom. The molecule has 3 N–H and O–H groups in total. The van der Waals surface area contributed by atoms with Gasteiger partial charge in [0.15, 0.2) is 5.76 Å². The molecular formula is C18H16N4O3S. The van der Waals surface area contributed by atoms with Crippen molar-refractivity contribution in [3.8, 4) is 11.5 Å². The van der Waals surface area contributed by atoms with Gasteiger partial charge in [0.05, 0.1) is 23.8 Å². The van der Waals surface area contributed by atoms with Crippen LogP contribution in [0.3, 0.4) is 0 Å². The van der Waals surface area contributed by atoms with Crippen LogP contribution < -0.4 is 10.0 Å². The number of nitrogens with one attached hydrogen (secondary N) is 3. The number of anilines is 3. The molecule has 0 saturated heterocycles. The number of hydrogen-bond donors (Lipinski definition) is 3. The summed E-state index contributed by atoms with van der Waals surface area (Å²) in [6, 6.07) is 17.1. The van der Waals surface area contributed by atoms with Crippen molar-refractivity contribution < 1.29 is 12.8 Å². The minimum absolute atomic E-state index is 0.315. The lowest BCUT2D eigenvalue weighted by Crippen LogP contribution is -2.09. The number of sulfonamides is 1. The maximum Gasteiger partial charge on any atom is 0.299 e. The van der Waals surface area contributed by atoms with Crippen molar-refractivity contribution in [1.29, 1.82) is 0 Å². The third-order valence-electron chi connectivity index (χ3n) is 3.72. The first kappa shape index (κ1) is 16.2. The number of benzene rings is 2. The highest BCUT2D eigenvalue weighted by Gasteiger charge is 2.10. The highest BCUT2D eigenvalue weighted by molar-refractivity contribution is 7.92. The van der Waals surface area contributed by atoms with Crippen LogP contribution >= 0.6 is 0 Å². The fourth-order valence-electron chi connectivity index (χ4n) is 2.66. The largest absolute Gasteiger partial charge is 0.422 e. The Morgan fingerprint density at radius 1 is 1.04 bits per heavy atom.